The van der Waals surface area contributed by atoms with Crippen molar-refractivity contribution in [2.75, 3.05) is 6.61 Å². The average molecular weight is 581 g/mol. The summed E-state index contributed by atoms with van der Waals surface area (Å²) in [6.45, 7) is 6.06. The van der Waals surface area contributed by atoms with E-state index in [1.54, 1.807) is 37.7 Å². The topological polar surface area (TPSA) is 135 Å². The molecule has 0 saturated carbocycles. The van der Waals surface area contributed by atoms with Crippen LogP contribution in [0.5, 0.6) is 0 Å². The first-order chi connectivity index (χ1) is 20.1. The van der Waals surface area contributed by atoms with Crippen molar-refractivity contribution < 1.29 is 14.3 Å². The highest BCUT2D eigenvalue weighted by Crippen LogP contribution is 2.45. The zero-order chi connectivity index (χ0) is 29.6. The van der Waals surface area contributed by atoms with Crippen LogP contribution in [0.15, 0.2) is 53.5 Å². The summed E-state index contributed by atoms with van der Waals surface area (Å²) in [7, 11) is 1.84. The van der Waals surface area contributed by atoms with Crippen molar-refractivity contribution in [2.24, 2.45) is 7.05 Å². The molecule has 2 N–H and O–H groups in total. The number of H-pyrrole nitrogens is 1. The van der Waals surface area contributed by atoms with E-state index in [9.17, 15) is 14.9 Å². The minimum atomic E-state index is -0.648. The molecule has 0 fully saturated rings. The van der Waals surface area contributed by atoms with Crippen LogP contribution in [-0.2, 0) is 23.1 Å². The average Bonchev–Trinajstić information content (AvgIpc) is 3.70. The highest BCUT2D eigenvalue weighted by Gasteiger charge is 2.24. The zero-order valence-corrected chi connectivity index (χ0v) is 24.4. The fraction of sp³-hybridized carbons (Fsp3) is 0.258. The SMILES string of the molecule is Cn1ncc(-c2ccc3c(=O)[nH]nc(CNC(=O)OC(C)(C)C)c3c2)c1-c1sc2c(C3=CCCO3)cccc2c1C#N. The molecule has 4 heterocycles. The van der Waals surface area contributed by atoms with Crippen LogP contribution in [0.1, 0.15) is 44.0 Å². The van der Waals surface area contributed by atoms with Crippen LogP contribution in [0.4, 0.5) is 4.79 Å². The van der Waals surface area contributed by atoms with Crippen LogP contribution >= 0.6 is 11.3 Å². The minimum Gasteiger partial charge on any atom is -0.493 e. The molecule has 3 aromatic heterocycles. The Balaban J connectivity index is 1.46. The predicted molar refractivity (Wildman–Crippen MR) is 162 cm³/mol. The third-order valence-electron chi connectivity index (χ3n) is 6.93. The molecule has 0 saturated heterocycles. The molecule has 0 aliphatic carbocycles. The number of aromatic nitrogens is 4. The lowest BCUT2D eigenvalue weighted by molar-refractivity contribution is 0.0523. The summed E-state index contributed by atoms with van der Waals surface area (Å²) in [6, 6.07) is 13.8. The number of thiophene rings is 1. The molecule has 1 aliphatic rings. The van der Waals surface area contributed by atoms with Gasteiger partial charge in [0.05, 0.1) is 46.6 Å². The van der Waals surface area contributed by atoms with Crippen molar-refractivity contribution in [2.45, 2.75) is 39.3 Å². The van der Waals surface area contributed by atoms with Crippen LogP contribution in [0.2, 0.25) is 0 Å². The van der Waals surface area contributed by atoms with Crippen molar-refractivity contribution >= 4 is 44.0 Å². The Morgan fingerprint density at radius 1 is 1.21 bits per heavy atom. The number of rotatable bonds is 5. The number of aromatic amines is 1. The predicted octanol–water partition coefficient (Wildman–Crippen LogP) is 5.86. The standard InChI is InChI=1S/C31H28N6O4S/c1-31(2,3)41-30(39)33-16-24-21-13-17(10-11-19(21)29(38)36-35-24)23-15-34-37(4)26(23)28-22(14-32)18-7-5-8-20(27(18)42-28)25-9-6-12-40-25/h5,7-11,13,15H,6,12,16H2,1-4H3,(H,33,39)(H,36,38). The van der Waals surface area contributed by atoms with Crippen LogP contribution < -0.4 is 10.9 Å². The van der Waals surface area contributed by atoms with Gasteiger partial charge in [-0.25, -0.2) is 9.89 Å². The van der Waals surface area contributed by atoms with Crippen LogP contribution in [0.3, 0.4) is 0 Å². The maximum Gasteiger partial charge on any atom is 0.407 e. The largest absolute Gasteiger partial charge is 0.493 e. The van der Waals surface area contributed by atoms with Gasteiger partial charge in [0.25, 0.3) is 5.56 Å². The Morgan fingerprint density at radius 2 is 2.05 bits per heavy atom. The number of nitrogens with one attached hydrogen (secondary N) is 2. The van der Waals surface area contributed by atoms with Crippen LogP contribution in [-0.4, -0.2) is 38.3 Å². The number of fused-ring (bicyclic) bond motifs is 2. The molecule has 0 spiro atoms. The van der Waals surface area contributed by atoms with Gasteiger partial charge in [-0.15, -0.1) is 11.3 Å². The molecule has 42 heavy (non-hydrogen) atoms. The molecule has 6 rings (SSSR count). The Labute approximate surface area is 245 Å². The fourth-order valence-corrected chi connectivity index (χ4v) is 6.47. The lowest BCUT2D eigenvalue weighted by Gasteiger charge is -2.19. The molecule has 5 aromatic rings. The number of amides is 1. The second-order valence-electron chi connectivity index (χ2n) is 11.0. The lowest BCUT2D eigenvalue weighted by atomic mass is 9.99. The summed E-state index contributed by atoms with van der Waals surface area (Å²) in [5.41, 5.74) is 3.41. The molecule has 1 aliphatic heterocycles. The Bertz CT molecular complexity index is 2000. The second-order valence-corrected chi connectivity index (χ2v) is 12.0. The monoisotopic (exact) mass is 580 g/mol. The zero-order valence-electron chi connectivity index (χ0n) is 23.6. The van der Waals surface area contributed by atoms with Crippen molar-refractivity contribution in [1.29, 1.82) is 5.26 Å². The number of ether oxygens (including phenoxy) is 2. The van der Waals surface area contributed by atoms with Gasteiger partial charge in [0.15, 0.2) is 0 Å². The molecule has 11 heteroatoms. The molecule has 0 bridgehead atoms. The summed E-state index contributed by atoms with van der Waals surface area (Å²) in [5.74, 6) is 0.836. The van der Waals surface area contributed by atoms with Gasteiger partial charge in [-0.3, -0.25) is 9.48 Å². The van der Waals surface area contributed by atoms with Crippen molar-refractivity contribution in [3.63, 3.8) is 0 Å². The first-order valence-corrected chi connectivity index (χ1v) is 14.3. The van der Waals surface area contributed by atoms with Gasteiger partial charge < -0.3 is 14.8 Å². The summed E-state index contributed by atoms with van der Waals surface area (Å²) < 4.78 is 13.9. The van der Waals surface area contributed by atoms with E-state index in [-0.39, 0.29) is 12.1 Å². The van der Waals surface area contributed by atoms with Crippen LogP contribution in [0.25, 0.3) is 48.3 Å². The highest BCUT2D eigenvalue weighted by atomic mass is 32.1. The van der Waals surface area contributed by atoms with E-state index >= 15 is 0 Å². The molecular weight excluding hydrogens is 552 g/mol. The van der Waals surface area contributed by atoms with Crippen molar-refractivity contribution in [3.05, 3.63) is 75.8 Å². The van der Waals surface area contributed by atoms with E-state index in [4.69, 9.17) is 9.47 Å². The Morgan fingerprint density at radius 3 is 2.79 bits per heavy atom. The first kappa shape index (κ1) is 27.2. The highest BCUT2D eigenvalue weighted by molar-refractivity contribution is 7.23. The molecule has 0 atom stereocenters. The van der Waals surface area contributed by atoms with Crippen molar-refractivity contribution in [3.8, 4) is 27.8 Å². The number of carbonyl (C=O) groups is 1. The van der Waals surface area contributed by atoms with Gasteiger partial charge in [0.1, 0.15) is 17.4 Å². The molecule has 10 nitrogen and oxygen atoms in total. The van der Waals surface area contributed by atoms with Crippen LogP contribution in [0, 0.1) is 11.3 Å². The van der Waals surface area contributed by atoms with Gasteiger partial charge >= 0.3 is 6.09 Å². The number of carbonyl (C=O) groups excluding carboxylic acids is 1. The number of hydrogen-bond acceptors (Lipinski definition) is 8. The second kappa shape index (κ2) is 10.5. The fourth-order valence-electron chi connectivity index (χ4n) is 5.11. The number of hydrogen-bond donors (Lipinski definition) is 2. The molecule has 2 aromatic carbocycles. The number of nitrogens with zero attached hydrogens (tertiary/aromatic N) is 4. The molecule has 212 valence electrons. The summed E-state index contributed by atoms with van der Waals surface area (Å²) in [4.78, 5) is 25.7. The third-order valence-corrected chi connectivity index (χ3v) is 8.17. The third kappa shape index (κ3) is 4.90. The summed E-state index contributed by atoms with van der Waals surface area (Å²) in [6.07, 6.45) is 4.11. The lowest BCUT2D eigenvalue weighted by Crippen LogP contribution is -2.32. The quantitative estimate of drug-likeness (QED) is 0.266. The van der Waals surface area contributed by atoms with E-state index in [0.717, 1.165) is 49.5 Å². The minimum absolute atomic E-state index is 0.0567. The Hall–Kier alpha value is -4.95. The number of aryl methyl sites for hydroxylation is 1. The smallest absolute Gasteiger partial charge is 0.407 e. The first-order valence-electron chi connectivity index (χ1n) is 13.4. The van der Waals surface area contributed by atoms with Gasteiger partial charge in [-0.1, -0.05) is 18.2 Å². The number of alkyl carbamates (subject to hydrolysis) is 1. The van der Waals surface area contributed by atoms with Gasteiger partial charge in [0.2, 0.25) is 0 Å². The van der Waals surface area contributed by atoms with E-state index < -0.39 is 11.7 Å². The molecule has 0 radical (unpaired) electrons. The van der Waals surface area contributed by atoms with E-state index in [2.05, 4.69) is 32.8 Å². The van der Waals surface area contributed by atoms with E-state index in [1.807, 2.05) is 37.4 Å². The summed E-state index contributed by atoms with van der Waals surface area (Å²) >= 11 is 1.53. The summed E-state index contributed by atoms with van der Waals surface area (Å²) in [5, 5.41) is 26.2. The molecule has 1 amide bonds. The number of benzene rings is 2. The molecular formula is C31H28N6O4S. The Kier molecular flexibility index (Phi) is 6.79. The normalized spacial score (nSPS) is 13.2. The van der Waals surface area contributed by atoms with Gasteiger partial charge in [-0.2, -0.15) is 15.5 Å². The van der Waals surface area contributed by atoms with E-state index in [0.29, 0.717) is 28.6 Å². The molecule has 0 unspecified atom stereocenters. The van der Waals surface area contributed by atoms with Gasteiger partial charge in [-0.05, 0) is 50.6 Å². The maximum atomic E-state index is 12.6. The van der Waals surface area contributed by atoms with Crippen molar-refractivity contribution in [1.82, 2.24) is 25.3 Å². The number of nitriles is 1. The van der Waals surface area contributed by atoms with Gasteiger partial charge in [0, 0.05) is 40.1 Å². The maximum absolute atomic E-state index is 12.6. The van der Waals surface area contributed by atoms with E-state index in [1.165, 1.54) is 11.3 Å².